The van der Waals surface area contributed by atoms with Crippen LogP contribution in [0.5, 0.6) is 5.75 Å². The minimum absolute atomic E-state index is 0.0851. The Morgan fingerprint density at radius 2 is 1.65 bits per heavy atom. The molecule has 0 atom stereocenters. The molecule has 26 heavy (non-hydrogen) atoms. The predicted molar refractivity (Wildman–Crippen MR) is 101 cm³/mol. The van der Waals surface area contributed by atoms with E-state index >= 15 is 0 Å². The van der Waals surface area contributed by atoms with Gasteiger partial charge in [0.1, 0.15) is 4.90 Å². The summed E-state index contributed by atoms with van der Waals surface area (Å²) in [6, 6.07) is 8.54. The third-order valence-electron chi connectivity index (χ3n) is 3.87. The second kappa shape index (κ2) is 7.32. The summed E-state index contributed by atoms with van der Waals surface area (Å²) in [5.41, 5.74) is 0.284. The maximum Gasteiger partial charge on any atom is 0.323 e. The van der Waals surface area contributed by atoms with Gasteiger partial charge in [-0.25, -0.2) is 13.2 Å². The number of rotatable bonds is 4. The molecule has 2 aromatic carbocycles. The SMILES string of the molecule is O=C(Nc1ccccc1Cl)Nc1ccc(Cl)c(S(=O)(=O)N2CCC2)c1O. The molecule has 0 unspecified atom stereocenters. The zero-order chi connectivity index (χ0) is 18.9. The fourth-order valence-electron chi connectivity index (χ4n) is 2.39. The van der Waals surface area contributed by atoms with Gasteiger partial charge in [0.05, 0.1) is 21.4 Å². The minimum Gasteiger partial charge on any atom is -0.504 e. The zero-order valence-corrected chi connectivity index (χ0v) is 15.7. The lowest BCUT2D eigenvalue weighted by Gasteiger charge is -2.30. The number of phenolic OH excluding ortho intramolecular Hbond substituents is 1. The molecule has 2 amide bonds. The fourth-order valence-corrected chi connectivity index (χ4v) is 4.68. The van der Waals surface area contributed by atoms with Crippen LogP contribution in [0.1, 0.15) is 6.42 Å². The number of anilines is 2. The Bertz CT molecular complexity index is 962. The normalized spacial score (nSPS) is 14.5. The fraction of sp³-hybridized carbons (Fsp3) is 0.188. The first-order chi connectivity index (χ1) is 12.3. The molecule has 0 aliphatic carbocycles. The molecule has 0 radical (unpaired) electrons. The molecule has 1 fully saturated rings. The Morgan fingerprint density at radius 1 is 1.00 bits per heavy atom. The number of sulfonamides is 1. The van der Waals surface area contributed by atoms with Crippen molar-refractivity contribution in [1.82, 2.24) is 4.31 Å². The van der Waals surface area contributed by atoms with Crippen molar-refractivity contribution in [2.45, 2.75) is 11.3 Å². The summed E-state index contributed by atoms with van der Waals surface area (Å²) in [7, 11) is -3.93. The average molecular weight is 416 g/mol. The van der Waals surface area contributed by atoms with Crippen molar-refractivity contribution in [1.29, 1.82) is 0 Å². The van der Waals surface area contributed by atoms with Gasteiger partial charge in [0.2, 0.25) is 10.0 Å². The molecule has 0 saturated carbocycles. The molecule has 1 aliphatic heterocycles. The van der Waals surface area contributed by atoms with E-state index in [-0.39, 0.29) is 10.7 Å². The van der Waals surface area contributed by atoms with Gasteiger partial charge in [0.25, 0.3) is 0 Å². The molecule has 1 heterocycles. The monoisotopic (exact) mass is 415 g/mol. The number of para-hydroxylation sites is 1. The van der Waals surface area contributed by atoms with Crippen molar-refractivity contribution in [2.24, 2.45) is 0 Å². The van der Waals surface area contributed by atoms with Crippen LogP contribution in [-0.4, -0.2) is 37.0 Å². The number of hydrogen-bond acceptors (Lipinski definition) is 4. The first kappa shape index (κ1) is 18.8. The van der Waals surface area contributed by atoms with Gasteiger partial charge in [0, 0.05) is 13.1 Å². The van der Waals surface area contributed by atoms with Crippen LogP contribution >= 0.6 is 23.2 Å². The number of carbonyl (C=O) groups is 1. The van der Waals surface area contributed by atoms with Crippen LogP contribution in [-0.2, 0) is 10.0 Å². The zero-order valence-electron chi connectivity index (χ0n) is 13.4. The smallest absolute Gasteiger partial charge is 0.323 e. The highest BCUT2D eigenvalue weighted by Gasteiger charge is 2.34. The molecule has 1 saturated heterocycles. The number of hydrogen-bond donors (Lipinski definition) is 3. The van der Waals surface area contributed by atoms with Gasteiger partial charge in [-0.15, -0.1) is 0 Å². The van der Waals surface area contributed by atoms with Crippen LogP contribution in [0.15, 0.2) is 41.3 Å². The van der Waals surface area contributed by atoms with E-state index in [1.165, 1.54) is 16.4 Å². The summed E-state index contributed by atoms with van der Waals surface area (Å²) in [5.74, 6) is -0.612. The molecular formula is C16H15Cl2N3O4S. The molecular weight excluding hydrogens is 401 g/mol. The van der Waals surface area contributed by atoms with E-state index in [2.05, 4.69) is 10.6 Å². The van der Waals surface area contributed by atoms with Gasteiger partial charge >= 0.3 is 6.03 Å². The summed E-state index contributed by atoms with van der Waals surface area (Å²) in [6.07, 6.45) is 0.746. The van der Waals surface area contributed by atoms with Gasteiger partial charge in [-0.3, -0.25) is 0 Å². The quantitative estimate of drug-likeness (QED) is 0.662. The lowest BCUT2D eigenvalue weighted by atomic mass is 10.3. The number of nitrogens with one attached hydrogen (secondary N) is 2. The van der Waals surface area contributed by atoms with Crippen LogP contribution < -0.4 is 10.6 Å². The van der Waals surface area contributed by atoms with Crippen LogP contribution in [0.4, 0.5) is 16.2 Å². The number of urea groups is 1. The minimum atomic E-state index is -3.93. The van der Waals surface area contributed by atoms with Crippen LogP contribution in [0.2, 0.25) is 10.0 Å². The second-order valence-electron chi connectivity index (χ2n) is 5.59. The van der Waals surface area contributed by atoms with Crippen LogP contribution in [0.25, 0.3) is 0 Å². The molecule has 3 N–H and O–H groups in total. The number of halogens is 2. The largest absolute Gasteiger partial charge is 0.504 e. The highest BCUT2D eigenvalue weighted by molar-refractivity contribution is 7.89. The Hall–Kier alpha value is -2.00. The van der Waals surface area contributed by atoms with Gasteiger partial charge < -0.3 is 15.7 Å². The Kier molecular flexibility index (Phi) is 5.29. The van der Waals surface area contributed by atoms with E-state index in [0.29, 0.717) is 23.8 Å². The standard InChI is InChI=1S/C16H15Cl2N3O4S/c17-10-4-1-2-5-12(10)19-16(23)20-13-7-6-11(18)15(14(13)22)26(24,25)21-8-3-9-21/h1-2,4-7,22H,3,8-9H2,(H2,19,20,23). The third-order valence-corrected chi connectivity index (χ3v) is 6.60. The van der Waals surface area contributed by atoms with Gasteiger partial charge in [0.15, 0.2) is 5.75 Å². The number of benzene rings is 2. The van der Waals surface area contributed by atoms with Crippen molar-refractivity contribution in [2.75, 3.05) is 23.7 Å². The number of nitrogens with zero attached hydrogens (tertiary/aromatic N) is 1. The number of carbonyl (C=O) groups excluding carboxylic acids is 1. The predicted octanol–water partition coefficient (Wildman–Crippen LogP) is 3.74. The van der Waals surface area contributed by atoms with E-state index in [9.17, 15) is 18.3 Å². The van der Waals surface area contributed by atoms with E-state index in [0.717, 1.165) is 6.42 Å². The molecule has 0 spiro atoms. The molecule has 2 aromatic rings. The average Bonchev–Trinajstić information content (AvgIpc) is 2.50. The molecule has 0 bridgehead atoms. The van der Waals surface area contributed by atoms with Crippen molar-refractivity contribution in [3.8, 4) is 5.75 Å². The first-order valence-corrected chi connectivity index (χ1v) is 9.84. The summed E-state index contributed by atoms with van der Waals surface area (Å²) < 4.78 is 26.3. The number of aromatic hydroxyl groups is 1. The van der Waals surface area contributed by atoms with E-state index in [1.54, 1.807) is 24.3 Å². The van der Waals surface area contributed by atoms with E-state index in [4.69, 9.17) is 23.2 Å². The topological polar surface area (TPSA) is 98.7 Å². The second-order valence-corrected chi connectivity index (χ2v) is 8.28. The Balaban J connectivity index is 1.86. The summed E-state index contributed by atoms with van der Waals surface area (Å²) in [6.45, 7) is 0.728. The molecule has 3 rings (SSSR count). The van der Waals surface area contributed by atoms with Gasteiger partial charge in [-0.05, 0) is 30.7 Å². The van der Waals surface area contributed by atoms with E-state index in [1.807, 2.05) is 0 Å². The highest BCUT2D eigenvalue weighted by Crippen LogP contribution is 2.39. The first-order valence-electron chi connectivity index (χ1n) is 7.65. The van der Waals surface area contributed by atoms with Crippen molar-refractivity contribution >= 4 is 50.6 Å². The summed E-state index contributed by atoms with van der Waals surface area (Å²) in [4.78, 5) is 11.7. The van der Waals surface area contributed by atoms with Crippen molar-refractivity contribution < 1.29 is 18.3 Å². The maximum atomic E-state index is 12.6. The van der Waals surface area contributed by atoms with Crippen molar-refractivity contribution in [3.63, 3.8) is 0 Å². The highest BCUT2D eigenvalue weighted by atomic mass is 35.5. The summed E-state index contributed by atoms with van der Waals surface area (Å²) in [5, 5.41) is 15.5. The third kappa shape index (κ3) is 3.59. The lowest BCUT2D eigenvalue weighted by Crippen LogP contribution is -2.42. The maximum absolute atomic E-state index is 12.6. The van der Waals surface area contributed by atoms with Crippen LogP contribution in [0.3, 0.4) is 0 Å². The molecule has 10 heteroatoms. The van der Waals surface area contributed by atoms with Gasteiger partial charge in [-0.1, -0.05) is 35.3 Å². The summed E-state index contributed by atoms with van der Waals surface area (Å²) >= 11 is 12.0. The van der Waals surface area contributed by atoms with Crippen molar-refractivity contribution in [3.05, 3.63) is 46.4 Å². The number of phenols is 1. The van der Waals surface area contributed by atoms with E-state index < -0.39 is 26.7 Å². The van der Waals surface area contributed by atoms with Crippen LogP contribution in [0, 0.1) is 0 Å². The Labute approximate surface area is 160 Å². The molecule has 7 nitrogen and oxygen atoms in total. The van der Waals surface area contributed by atoms with Gasteiger partial charge in [-0.2, -0.15) is 4.31 Å². The molecule has 138 valence electrons. The number of amides is 2. The lowest BCUT2D eigenvalue weighted by molar-refractivity contribution is 0.262. The molecule has 1 aliphatic rings. The Morgan fingerprint density at radius 3 is 2.27 bits per heavy atom. The molecule has 0 aromatic heterocycles.